The summed E-state index contributed by atoms with van der Waals surface area (Å²) >= 11 is 0. The summed E-state index contributed by atoms with van der Waals surface area (Å²) < 4.78 is 0. The highest BCUT2D eigenvalue weighted by molar-refractivity contribution is 5.79. The van der Waals surface area contributed by atoms with Crippen LogP contribution >= 0.6 is 0 Å². The lowest BCUT2D eigenvalue weighted by molar-refractivity contribution is -0.119. The van der Waals surface area contributed by atoms with Crippen molar-refractivity contribution in [2.45, 2.75) is 13.3 Å². The average molecular weight is 174 g/mol. The van der Waals surface area contributed by atoms with E-state index in [2.05, 4.69) is 5.32 Å². The SMILES string of the molecule is Cc1cccc(CC(=O)NC#N)c1. The van der Waals surface area contributed by atoms with Gasteiger partial charge in [0.25, 0.3) is 0 Å². The monoisotopic (exact) mass is 174 g/mol. The van der Waals surface area contributed by atoms with Gasteiger partial charge in [-0.05, 0) is 12.5 Å². The second-order valence-electron chi connectivity index (χ2n) is 2.83. The molecule has 0 bridgehead atoms. The molecule has 13 heavy (non-hydrogen) atoms. The summed E-state index contributed by atoms with van der Waals surface area (Å²) in [7, 11) is 0. The van der Waals surface area contributed by atoms with Crippen molar-refractivity contribution in [2.75, 3.05) is 0 Å². The summed E-state index contributed by atoms with van der Waals surface area (Å²) in [5.41, 5.74) is 2.04. The van der Waals surface area contributed by atoms with Gasteiger partial charge in [0.1, 0.15) is 0 Å². The molecule has 1 rings (SSSR count). The minimum Gasteiger partial charge on any atom is -0.274 e. The summed E-state index contributed by atoms with van der Waals surface area (Å²) in [4.78, 5) is 11.0. The predicted octanol–water partition coefficient (Wildman–Crippen LogP) is 1.13. The molecule has 1 amide bonds. The van der Waals surface area contributed by atoms with Crippen molar-refractivity contribution in [3.63, 3.8) is 0 Å². The van der Waals surface area contributed by atoms with Crippen LogP contribution in [0.3, 0.4) is 0 Å². The molecule has 0 aromatic heterocycles. The Labute approximate surface area is 77.0 Å². The highest BCUT2D eigenvalue weighted by Gasteiger charge is 2.01. The fraction of sp³-hybridized carbons (Fsp3) is 0.200. The largest absolute Gasteiger partial charge is 0.274 e. The molecule has 0 fully saturated rings. The summed E-state index contributed by atoms with van der Waals surface area (Å²) in [6, 6.07) is 7.65. The van der Waals surface area contributed by atoms with Crippen molar-refractivity contribution in [3.05, 3.63) is 35.4 Å². The third-order valence-corrected chi connectivity index (χ3v) is 1.64. The van der Waals surface area contributed by atoms with E-state index in [1.165, 1.54) is 0 Å². The molecule has 1 aromatic rings. The van der Waals surface area contributed by atoms with Crippen molar-refractivity contribution in [3.8, 4) is 6.19 Å². The number of nitriles is 1. The van der Waals surface area contributed by atoms with Crippen molar-refractivity contribution in [1.29, 1.82) is 5.26 Å². The van der Waals surface area contributed by atoms with Gasteiger partial charge in [-0.3, -0.25) is 10.1 Å². The predicted molar refractivity (Wildman–Crippen MR) is 48.6 cm³/mol. The number of amides is 1. The van der Waals surface area contributed by atoms with E-state index in [-0.39, 0.29) is 12.3 Å². The molecule has 0 aliphatic rings. The molecule has 3 nitrogen and oxygen atoms in total. The second kappa shape index (κ2) is 4.27. The van der Waals surface area contributed by atoms with Crippen LogP contribution in [-0.4, -0.2) is 5.91 Å². The highest BCUT2D eigenvalue weighted by Crippen LogP contribution is 2.04. The van der Waals surface area contributed by atoms with Gasteiger partial charge in [0, 0.05) is 0 Å². The van der Waals surface area contributed by atoms with Crippen LogP contribution in [0, 0.1) is 18.4 Å². The van der Waals surface area contributed by atoms with E-state index in [0.717, 1.165) is 11.1 Å². The number of carbonyl (C=O) groups is 1. The van der Waals surface area contributed by atoms with Crippen LogP contribution in [0.1, 0.15) is 11.1 Å². The van der Waals surface area contributed by atoms with Gasteiger partial charge >= 0.3 is 0 Å². The Balaban J connectivity index is 2.65. The zero-order valence-corrected chi connectivity index (χ0v) is 7.37. The van der Waals surface area contributed by atoms with E-state index >= 15 is 0 Å². The Morgan fingerprint density at radius 2 is 2.38 bits per heavy atom. The Kier molecular flexibility index (Phi) is 3.04. The van der Waals surface area contributed by atoms with Crippen LogP contribution in [0.25, 0.3) is 0 Å². The quantitative estimate of drug-likeness (QED) is 0.540. The molecule has 1 N–H and O–H groups in total. The van der Waals surface area contributed by atoms with Gasteiger partial charge in [-0.25, -0.2) is 0 Å². The molecule has 0 spiro atoms. The first-order valence-electron chi connectivity index (χ1n) is 3.96. The van der Waals surface area contributed by atoms with Crippen molar-refractivity contribution < 1.29 is 4.79 Å². The summed E-state index contributed by atoms with van der Waals surface area (Å²) in [6.07, 6.45) is 1.86. The number of nitrogens with zero attached hydrogens (tertiary/aromatic N) is 1. The lowest BCUT2D eigenvalue weighted by Gasteiger charge is -1.99. The first-order chi connectivity index (χ1) is 6.22. The third-order valence-electron chi connectivity index (χ3n) is 1.64. The third kappa shape index (κ3) is 2.96. The standard InChI is InChI=1S/C10H10N2O/c1-8-3-2-4-9(5-8)6-10(13)12-7-11/h2-5H,6H2,1H3,(H,12,13). The lowest BCUT2D eigenvalue weighted by atomic mass is 10.1. The van der Waals surface area contributed by atoms with E-state index in [0.29, 0.717) is 0 Å². The summed E-state index contributed by atoms with van der Waals surface area (Å²) in [5, 5.41) is 10.3. The van der Waals surface area contributed by atoms with E-state index in [9.17, 15) is 4.79 Å². The number of aryl methyl sites for hydroxylation is 1. The minimum atomic E-state index is -0.270. The number of carbonyl (C=O) groups excluding carboxylic acids is 1. The van der Waals surface area contributed by atoms with Crippen LogP contribution in [-0.2, 0) is 11.2 Å². The maximum absolute atomic E-state index is 11.0. The molecule has 0 saturated heterocycles. The molecule has 0 saturated carbocycles. The number of benzene rings is 1. The number of rotatable bonds is 2. The van der Waals surface area contributed by atoms with E-state index in [1.807, 2.05) is 31.2 Å². The van der Waals surface area contributed by atoms with Gasteiger partial charge in [-0.1, -0.05) is 29.8 Å². The molecular formula is C10H10N2O. The van der Waals surface area contributed by atoms with Crippen molar-refractivity contribution >= 4 is 5.91 Å². The molecule has 0 heterocycles. The lowest BCUT2D eigenvalue weighted by Crippen LogP contribution is -2.19. The van der Waals surface area contributed by atoms with E-state index in [1.54, 1.807) is 6.19 Å². The maximum Gasteiger partial charge on any atom is 0.237 e. The van der Waals surface area contributed by atoms with E-state index < -0.39 is 0 Å². The van der Waals surface area contributed by atoms with Crippen LogP contribution in [0.2, 0.25) is 0 Å². The van der Waals surface area contributed by atoms with E-state index in [4.69, 9.17) is 5.26 Å². The molecule has 66 valence electrons. The molecular weight excluding hydrogens is 164 g/mol. The van der Waals surface area contributed by atoms with Gasteiger partial charge < -0.3 is 0 Å². The Hall–Kier alpha value is -1.82. The van der Waals surface area contributed by atoms with Crippen LogP contribution in [0.15, 0.2) is 24.3 Å². The van der Waals surface area contributed by atoms with Crippen molar-refractivity contribution in [2.24, 2.45) is 0 Å². The number of nitrogens with one attached hydrogen (secondary N) is 1. The average Bonchev–Trinajstić information content (AvgIpc) is 2.04. The first kappa shape index (κ1) is 9.27. The molecule has 1 aromatic carbocycles. The van der Waals surface area contributed by atoms with Crippen LogP contribution in [0.5, 0.6) is 0 Å². The van der Waals surface area contributed by atoms with Gasteiger partial charge in [0.05, 0.1) is 6.42 Å². The Morgan fingerprint density at radius 1 is 1.62 bits per heavy atom. The molecule has 0 aliphatic carbocycles. The smallest absolute Gasteiger partial charge is 0.237 e. The molecule has 0 unspecified atom stereocenters. The van der Waals surface area contributed by atoms with Crippen molar-refractivity contribution in [1.82, 2.24) is 5.32 Å². The zero-order chi connectivity index (χ0) is 9.68. The summed E-state index contributed by atoms with van der Waals surface area (Å²) in [5.74, 6) is -0.270. The normalized spacial score (nSPS) is 8.92. The van der Waals surface area contributed by atoms with Gasteiger partial charge in [0.2, 0.25) is 5.91 Å². The molecule has 0 aliphatic heterocycles. The fourth-order valence-electron chi connectivity index (χ4n) is 1.11. The Morgan fingerprint density at radius 3 is 3.00 bits per heavy atom. The summed E-state index contributed by atoms with van der Waals surface area (Å²) in [6.45, 7) is 1.96. The fourth-order valence-corrected chi connectivity index (χ4v) is 1.11. The molecule has 0 radical (unpaired) electrons. The minimum absolute atomic E-state index is 0.259. The molecule has 0 atom stereocenters. The number of hydrogen-bond donors (Lipinski definition) is 1. The topological polar surface area (TPSA) is 52.9 Å². The highest BCUT2D eigenvalue weighted by atomic mass is 16.1. The van der Waals surface area contributed by atoms with Gasteiger partial charge in [0.15, 0.2) is 6.19 Å². The first-order valence-corrected chi connectivity index (χ1v) is 3.96. The molecule has 3 heteroatoms. The zero-order valence-electron chi connectivity index (χ0n) is 7.37. The Bertz CT molecular complexity index is 352. The van der Waals surface area contributed by atoms with Crippen LogP contribution < -0.4 is 5.32 Å². The van der Waals surface area contributed by atoms with Crippen LogP contribution in [0.4, 0.5) is 0 Å². The maximum atomic E-state index is 11.0. The van der Waals surface area contributed by atoms with Gasteiger partial charge in [-0.2, -0.15) is 5.26 Å². The second-order valence-corrected chi connectivity index (χ2v) is 2.83. The number of hydrogen-bond acceptors (Lipinski definition) is 2. The van der Waals surface area contributed by atoms with Gasteiger partial charge in [-0.15, -0.1) is 0 Å².